The number of rotatable bonds is 4. The number of carbonyl (C=O) groups excluding carboxylic acids is 1. The van der Waals surface area contributed by atoms with Gasteiger partial charge < -0.3 is 0 Å². The number of nitrogens with zero attached hydrogens (tertiary/aromatic N) is 1. The highest BCUT2D eigenvalue weighted by Gasteiger charge is 2.33. The number of allylic oxidation sites excluding steroid dienone is 5. The fourth-order valence-electron chi connectivity index (χ4n) is 3.63. The third-order valence-electron chi connectivity index (χ3n) is 5.42. The Hall–Kier alpha value is -3.00. The minimum Gasteiger partial charge on any atom is -0.289 e. The van der Waals surface area contributed by atoms with E-state index < -0.39 is 0 Å². The Balaban J connectivity index is 2.08. The highest BCUT2D eigenvalue weighted by atomic mass is 16.1. The first-order chi connectivity index (χ1) is 14.6. The molecule has 0 unspecified atom stereocenters. The van der Waals surface area contributed by atoms with E-state index in [0.29, 0.717) is 0 Å². The number of ketones is 1. The molecule has 0 N–H and O–H groups in total. The van der Waals surface area contributed by atoms with Gasteiger partial charge in [0.15, 0.2) is 5.78 Å². The van der Waals surface area contributed by atoms with Crippen LogP contribution in [0, 0.1) is 10.8 Å². The van der Waals surface area contributed by atoms with Crippen molar-refractivity contribution in [1.29, 1.82) is 0 Å². The third-order valence-corrected chi connectivity index (χ3v) is 5.42. The average Bonchev–Trinajstić information content (AvgIpc) is 2.71. The summed E-state index contributed by atoms with van der Waals surface area (Å²) in [6.45, 7) is 12.5. The van der Waals surface area contributed by atoms with E-state index in [1.165, 1.54) is 5.56 Å². The molecule has 0 saturated heterocycles. The third kappa shape index (κ3) is 5.79. The quantitative estimate of drug-likeness (QED) is 0.492. The molecule has 1 aliphatic rings. The van der Waals surface area contributed by atoms with E-state index in [0.717, 1.165) is 34.4 Å². The number of hydrogen-bond donors (Lipinski definition) is 0. The van der Waals surface area contributed by atoms with E-state index in [1.54, 1.807) is 0 Å². The first-order valence-corrected chi connectivity index (χ1v) is 10.9. The second kappa shape index (κ2) is 9.01. The Morgan fingerprint density at radius 1 is 0.774 bits per heavy atom. The summed E-state index contributed by atoms with van der Waals surface area (Å²) in [6.07, 6.45) is 6.67. The molecule has 0 atom stereocenters. The zero-order valence-electron chi connectivity index (χ0n) is 19.6. The van der Waals surface area contributed by atoms with Crippen molar-refractivity contribution in [1.82, 2.24) is 0 Å². The molecular formula is C29H33NO. The summed E-state index contributed by atoms with van der Waals surface area (Å²) in [5, 5.41) is 0. The lowest BCUT2D eigenvalue weighted by molar-refractivity contribution is -0.114. The Labute approximate surface area is 187 Å². The van der Waals surface area contributed by atoms with Crippen molar-refractivity contribution in [2.75, 3.05) is 0 Å². The fraction of sp³-hybridized carbons (Fsp3) is 0.310. The molecule has 2 aromatic carbocycles. The molecule has 2 heteroatoms. The van der Waals surface area contributed by atoms with Crippen LogP contribution in [0.5, 0.6) is 0 Å². The van der Waals surface area contributed by atoms with Gasteiger partial charge in [-0.1, -0.05) is 102 Å². The van der Waals surface area contributed by atoms with Crippen LogP contribution >= 0.6 is 0 Å². The molecule has 31 heavy (non-hydrogen) atoms. The van der Waals surface area contributed by atoms with Gasteiger partial charge in [-0.15, -0.1) is 0 Å². The smallest absolute Gasteiger partial charge is 0.186 e. The predicted molar refractivity (Wildman–Crippen MR) is 131 cm³/mol. The number of benzene rings is 2. The molecule has 0 spiro atoms. The Morgan fingerprint density at radius 3 is 1.74 bits per heavy atom. The topological polar surface area (TPSA) is 29.4 Å². The van der Waals surface area contributed by atoms with Crippen LogP contribution in [-0.2, 0) is 11.2 Å². The molecule has 0 amide bonds. The average molecular weight is 412 g/mol. The molecule has 160 valence electrons. The standard InChI is InChI=1S/C29H33NO/c1-28(2,3)24-17-22(18-25(27(24)31)29(4,5)6)20-30-26(23-15-11-8-12-16-23)19-21-13-9-7-10-14-21/h7-18,20H,19H2,1-6H3. The molecule has 3 rings (SSSR count). The van der Waals surface area contributed by atoms with E-state index in [4.69, 9.17) is 4.99 Å². The lowest BCUT2D eigenvalue weighted by Gasteiger charge is -2.31. The van der Waals surface area contributed by atoms with Gasteiger partial charge in [0.05, 0.1) is 5.71 Å². The van der Waals surface area contributed by atoms with Gasteiger partial charge in [0.2, 0.25) is 0 Å². The highest BCUT2D eigenvalue weighted by molar-refractivity contribution is 6.11. The summed E-state index contributed by atoms with van der Waals surface area (Å²) in [5.41, 5.74) is 5.53. The zero-order valence-corrected chi connectivity index (χ0v) is 19.6. The van der Waals surface area contributed by atoms with Gasteiger partial charge in [-0.05, 0) is 39.7 Å². The molecule has 0 heterocycles. The summed E-state index contributed by atoms with van der Waals surface area (Å²) in [5.74, 6) is 0.147. The van der Waals surface area contributed by atoms with Gasteiger partial charge in [-0.3, -0.25) is 9.79 Å². The van der Waals surface area contributed by atoms with Crippen LogP contribution in [0.4, 0.5) is 0 Å². The Kier molecular flexibility index (Phi) is 6.59. The molecule has 0 fully saturated rings. The Bertz CT molecular complexity index is 1020. The molecular weight excluding hydrogens is 378 g/mol. The van der Waals surface area contributed by atoms with E-state index in [1.807, 2.05) is 42.6 Å². The van der Waals surface area contributed by atoms with Crippen molar-refractivity contribution in [2.45, 2.75) is 48.0 Å². The summed E-state index contributed by atoms with van der Waals surface area (Å²) < 4.78 is 0. The normalized spacial score (nSPS) is 15.5. The minimum atomic E-state index is -0.225. The van der Waals surface area contributed by atoms with Gasteiger partial charge in [0.1, 0.15) is 0 Å². The molecule has 1 aliphatic carbocycles. The van der Waals surface area contributed by atoms with Crippen molar-refractivity contribution in [2.24, 2.45) is 15.8 Å². The van der Waals surface area contributed by atoms with Crippen LogP contribution < -0.4 is 0 Å². The summed E-state index contributed by atoms with van der Waals surface area (Å²) in [6, 6.07) is 20.7. The molecule has 2 nitrogen and oxygen atoms in total. The molecule has 0 radical (unpaired) electrons. The lowest BCUT2D eigenvalue weighted by Crippen LogP contribution is -2.27. The van der Waals surface area contributed by atoms with E-state index in [-0.39, 0.29) is 16.6 Å². The van der Waals surface area contributed by atoms with Gasteiger partial charge in [0, 0.05) is 23.8 Å². The largest absolute Gasteiger partial charge is 0.289 e. The maximum absolute atomic E-state index is 13.2. The van der Waals surface area contributed by atoms with Gasteiger partial charge >= 0.3 is 0 Å². The number of aliphatic imine (C=N–C) groups is 1. The molecule has 0 aliphatic heterocycles. The van der Waals surface area contributed by atoms with Crippen LogP contribution in [0.2, 0.25) is 0 Å². The maximum atomic E-state index is 13.2. The second-order valence-electron chi connectivity index (χ2n) is 10.2. The van der Waals surface area contributed by atoms with Gasteiger partial charge in [-0.2, -0.15) is 0 Å². The molecule has 0 bridgehead atoms. The summed E-state index contributed by atoms with van der Waals surface area (Å²) >= 11 is 0. The van der Waals surface area contributed by atoms with E-state index >= 15 is 0 Å². The number of hydrogen-bond acceptors (Lipinski definition) is 2. The van der Waals surface area contributed by atoms with E-state index in [2.05, 4.69) is 77.9 Å². The van der Waals surface area contributed by atoms with Crippen LogP contribution in [-0.4, -0.2) is 11.5 Å². The lowest BCUT2D eigenvalue weighted by atomic mass is 9.72. The second-order valence-corrected chi connectivity index (χ2v) is 10.2. The Morgan fingerprint density at radius 2 is 1.26 bits per heavy atom. The summed E-state index contributed by atoms with van der Waals surface area (Å²) in [4.78, 5) is 18.1. The SMILES string of the molecule is CC(C)(C)C1=CC(=CN=C(Cc2ccccc2)c2ccccc2)C=C(C(C)(C)C)C1=O. The zero-order chi connectivity index (χ0) is 22.6. The van der Waals surface area contributed by atoms with Crippen molar-refractivity contribution in [3.05, 3.63) is 107 Å². The first kappa shape index (κ1) is 22.7. The maximum Gasteiger partial charge on any atom is 0.186 e. The number of Topliss-reactive ketones (excluding diaryl/α,β-unsaturated/α-hetero) is 1. The van der Waals surface area contributed by atoms with Gasteiger partial charge in [0.25, 0.3) is 0 Å². The number of carbonyl (C=O) groups is 1. The highest BCUT2D eigenvalue weighted by Crippen LogP contribution is 2.38. The monoisotopic (exact) mass is 411 g/mol. The van der Waals surface area contributed by atoms with E-state index in [9.17, 15) is 4.79 Å². The van der Waals surface area contributed by atoms with Crippen molar-refractivity contribution < 1.29 is 4.79 Å². The summed E-state index contributed by atoms with van der Waals surface area (Å²) in [7, 11) is 0. The van der Waals surface area contributed by atoms with Crippen LogP contribution in [0.3, 0.4) is 0 Å². The predicted octanol–water partition coefficient (Wildman–Crippen LogP) is 7.13. The molecule has 0 aromatic heterocycles. The van der Waals surface area contributed by atoms with Crippen molar-refractivity contribution in [3.8, 4) is 0 Å². The minimum absolute atomic E-state index is 0.147. The van der Waals surface area contributed by atoms with Gasteiger partial charge in [-0.25, -0.2) is 0 Å². The van der Waals surface area contributed by atoms with Crippen molar-refractivity contribution >= 4 is 11.5 Å². The molecule has 0 saturated carbocycles. The first-order valence-electron chi connectivity index (χ1n) is 10.9. The van der Waals surface area contributed by atoms with Crippen molar-refractivity contribution in [3.63, 3.8) is 0 Å². The van der Waals surface area contributed by atoms with Crippen LogP contribution in [0.15, 0.2) is 101 Å². The fourth-order valence-corrected chi connectivity index (χ4v) is 3.63. The molecule has 2 aromatic rings. The van der Waals surface area contributed by atoms with Crippen LogP contribution in [0.1, 0.15) is 52.7 Å². The van der Waals surface area contributed by atoms with Crippen LogP contribution in [0.25, 0.3) is 0 Å².